The molecule has 0 bridgehead atoms. The summed E-state index contributed by atoms with van der Waals surface area (Å²) < 4.78 is 19.4. The van der Waals surface area contributed by atoms with E-state index in [1.807, 2.05) is 71.0 Å². The number of halogens is 1. The topological polar surface area (TPSA) is 82.4 Å². The Morgan fingerprint density at radius 3 is 2.45 bits per heavy atom. The molecule has 8 nitrogen and oxygen atoms in total. The number of amides is 1. The molecule has 0 radical (unpaired) electrons. The van der Waals surface area contributed by atoms with E-state index in [-0.39, 0.29) is 17.6 Å². The van der Waals surface area contributed by atoms with Gasteiger partial charge in [0.25, 0.3) is 11.5 Å². The highest BCUT2D eigenvalue weighted by Crippen LogP contribution is 2.41. The average molecular weight is 634 g/mol. The van der Waals surface area contributed by atoms with Crippen LogP contribution in [0.1, 0.15) is 51.8 Å². The number of methoxy groups -OCH3 is 2. The van der Waals surface area contributed by atoms with E-state index in [9.17, 15) is 9.59 Å². The molecule has 0 unspecified atom stereocenters. The molecule has 1 amide bonds. The van der Waals surface area contributed by atoms with Crippen LogP contribution in [0.25, 0.3) is 16.8 Å². The largest absolute Gasteiger partial charge is 0.496 e. The normalized spacial score (nSPS) is 14.9. The lowest BCUT2D eigenvalue weighted by Gasteiger charge is -2.30. The van der Waals surface area contributed by atoms with E-state index in [2.05, 4.69) is 0 Å². The maximum Gasteiger partial charge on any atom is 0.271 e. The molecule has 0 saturated heterocycles. The molecular formula is C34H36ClN3O5S. The van der Waals surface area contributed by atoms with E-state index in [0.29, 0.717) is 61.5 Å². The fourth-order valence-electron chi connectivity index (χ4n) is 5.61. The zero-order valence-electron chi connectivity index (χ0n) is 25.9. The van der Waals surface area contributed by atoms with Gasteiger partial charge in [-0.05, 0) is 75.2 Å². The predicted octanol–water partition coefficient (Wildman–Crippen LogP) is 5.71. The number of ether oxygens (including phenoxy) is 3. The zero-order valence-corrected chi connectivity index (χ0v) is 27.5. The summed E-state index contributed by atoms with van der Waals surface area (Å²) in [5, 5.41) is 2.24. The van der Waals surface area contributed by atoms with Crippen molar-refractivity contribution >= 4 is 45.7 Å². The lowest BCUT2D eigenvalue weighted by molar-refractivity contribution is -0.127. The van der Waals surface area contributed by atoms with Crippen LogP contribution in [0.2, 0.25) is 5.02 Å². The molecule has 0 N–H and O–H groups in total. The SMILES string of the molecule is CCN(CC)C(=O)C1=C(C)N=c2s/c(=C/c3cc(Cl)c(OC(C)C)c(OC)c3)c(=O)n2[C@H]1c1c(OC)ccc2ccccc12. The maximum absolute atomic E-state index is 14.4. The number of hydrogen-bond donors (Lipinski definition) is 0. The minimum Gasteiger partial charge on any atom is -0.496 e. The summed E-state index contributed by atoms with van der Waals surface area (Å²) >= 11 is 7.86. The van der Waals surface area contributed by atoms with E-state index in [1.165, 1.54) is 11.3 Å². The molecule has 1 aromatic heterocycles. The molecule has 5 rings (SSSR count). The maximum atomic E-state index is 14.4. The smallest absolute Gasteiger partial charge is 0.271 e. The first-order valence-electron chi connectivity index (χ1n) is 14.5. The van der Waals surface area contributed by atoms with Gasteiger partial charge in [0.15, 0.2) is 16.3 Å². The molecular weight excluding hydrogens is 598 g/mol. The predicted molar refractivity (Wildman–Crippen MR) is 176 cm³/mol. The number of rotatable bonds is 9. The standard InChI is InChI=1S/C34H36ClN3O5S/c1-8-37(9-2)33(40)28-20(5)36-34-38(30(28)29-23-13-11-10-12-22(23)14-15-25(29)41-6)32(39)27(44-34)18-21-16-24(35)31(43-19(3)4)26(17-21)42-7/h10-19,30H,8-9H2,1-7H3/b27-18+/t30-/m1/s1. The molecule has 4 aromatic rings. The van der Waals surface area contributed by atoms with Gasteiger partial charge in [-0.2, -0.15) is 0 Å². The molecule has 2 heterocycles. The second kappa shape index (κ2) is 12.9. The minimum absolute atomic E-state index is 0.0986. The number of benzene rings is 3. The molecule has 230 valence electrons. The van der Waals surface area contributed by atoms with Crippen LogP contribution >= 0.6 is 22.9 Å². The molecule has 1 aliphatic rings. The van der Waals surface area contributed by atoms with E-state index in [1.54, 1.807) is 41.9 Å². The van der Waals surface area contributed by atoms with Crippen molar-refractivity contribution in [3.63, 3.8) is 0 Å². The van der Waals surface area contributed by atoms with Gasteiger partial charge in [-0.15, -0.1) is 0 Å². The summed E-state index contributed by atoms with van der Waals surface area (Å²) in [5.41, 5.74) is 2.14. The number of allylic oxidation sites excluding steroid dienone is 1. The van der Waals surface area contributed by atoms with Gasteiger partial charge >= 0.3 is 0 Å². The zero-order chi connectivity index (χ0) is 31.7. The first-order valence-corrected chi connectivity index (χ1v) is 15.7. The van der Waals surface area contributed by atoms with Gasteiger partial charge < -0.3 is 19.1 Å². The molecule has 10 heteroatoms. The van der Waals surface area contributed by atoms with Crippen molar-refractivity contribution < 1.29 is 19.0 Å². The molecule has 0 aliphatic carbocycles. The van der Waals surface area contributed by atoms with Gasteiger partial charge in [0.2, 0.25) is 0 Å². The first-order chi connectivity index (χ1) is 21.1. The van der Waals surface area contributed by atoms with Crippen molar-refractivity contribution in [2.24, 2.45) is 4.99 Å². The third-order valence-electron chi connectivity index (χ3n) is 7.63. The third-order valence-corrected chi connectivity index (χ3v) is 8.89. The number of aromatic nitrogens is 1. The van der Waals surface area contributed by atoms with E-state index in [4.69, 9.17) is 30.8 Å². The Balaban J connectivity index is 1.80. The van der Waals surface area contributed by atoms with Crippen LogP contribution in [-0.2, 0) is 4.79 Å². The van der Waals surface area contributed by atoms with Crippen molar-refractivity contribution in [2.75, 3.05) is 27.3 Å². The van der Waals surface area contributed by atoms with Crippen LogP contribution in [0, 0.1) is 0 Å². The Kier molecular flexibility index (Phi) is 9.18. The summed E-state index contributed by atoms with van der Waals surface area (Å²) in [6.07, 6.45) is 1.67. The number of fused-ring (bicyclic) bond motifs is 2. The fourth-order valence-corrected chi connectivity index (χ4v) is 6.92. The Morgan fingerprint density at radius 2 is 1.80 bits per heavy atom. The van der Waals surface area contributed by atoms with Gasteiger partial charge in [0, 0.05) is 18.7 Å². The molecule has 1 aliphatic heterocycles. The van der Waals surface area contributed by atoms with Crippen molar-refractivity contribution in [1.29, 1.82) is 0 Å². The summed E-state index contributed by atoms with van der Waals surface area (Å²) in [7, 11) is 3.15. The van der Waals surface area contributed by atoms with Crippen LogP contribution < -0.4 is 29.1 Å². The first kappa shape index (κ1) is 31.3. The number of nitrogens with zero attached hydrogens (tertiary/aromatic N) is 3. The second-order valence-electron chi connectivity index (χ2n) is 10.7. The van der Waals surface area contributed by atoms with Crippen molar-refractivity contribution in [1.82, 2.24) is 9.47 Å². The highest BCUT2D eigenvalue weighted by molar-refractivity contribution is 7.07. The molecule has 0 spiro atoms. The fraction of sp³-hybridized carbons (Fsp3) is 0.324. The summed E-state index contributed by atoms with van der Waals surface area (Å²) in [6, 6.07) is 14.5. The van der Waals surface area contributed by atoms with E-state index in [0.717, 1.165) is 16.3 Å². The van der Waals surface area contributed by atoms with Crippen LogP contribution in [0.5, 0.6) is 17.2 Å². The third kappa shape index (κ3) is 5.62. The number of carbonyl (C=O) groups is 1. The quantitative estimate of drug-likeness (QED) is 0.236. The Morgan fingerprint density at radius 1 is 1.09 bits per heavy atom. The van der Waals surface area contributed by atoms with Gasteiger partial charge in [-0.3, -0.25) is 14.2 Å². The van der Waals surface area contributed by atoms with Crippen molar-refractivity contribution in [2.45, 2.75) is 46.8 Å². The van der Waals surface area contributed by atoms with Crippen LogP contribution in [-0.4, -0.2) is 48.8 Å². The number of thiazole rings is 1. The lowest BCUT2D eigenvalue weighted by Crippen LogP contribution is -2.43. The highest BCUT2D eigenvalue weighted by Gasteiger charge is 2.36. The van der Waals surface area contributed by atoms with E-state index < -0.39 is 6.04 Å². The van der Waals surface area contributed by atoms with Gasteiger partial charge in [0.1, 0.15) is 11.8 Å². The summed E-state index contributed by atoms with van der Waals surface area (Å²) in [4.78, 5) is 35.6. The Bertz CT molecular complexity index is 1960. The number of hydrogen-bond acceptors (Lipinski definition) is 7. The number of carbonyl (C=O) groups excluding carboxylic acids is 1. The van der Waals surface area contributed by atoms with Crippen LogP contribution in [0.15, 0.2) is 69.6 Å². The Hall–Kier alpha value is -4.08. The molecule has 3 aromatic carbocycles. The van der Waals surface area contributed by atoms with Crippen LogP contribution in [0.4, 0.5) is 0 Å². The number of likely N-dealkylation sites (N-methyl/N-ethyl adjacent to an activating group) is 1. The highest BCUT2D eigenvalue weighted by atomic mass is 35.5. The summed E-state index contributed by atoms with van der Waals surface area (Å²) in [6.45, 7) is 10.6. The molecule has 0 fully saturated rings. The van der Waals surface area contributed by atoms with E-state index >= 15 is 0 Å². The second-order valence-corrected chi connectivity index (χ2v) is 12.1. The van der Waals surface area contributed by atoms with Gasteiger partial charge in [-0.25, -0.2) is 4.99 Å². The minimum atomic E-state index is -0.762. The molecule has 0 saturated carbocycles. The van der Waals surface area contributed by atoms with Crippen molar-refractivity contribution in [3.8, 4) is 17.2 Å². The van der Waals surface area contributed by atoms with Gasteiger partial charge in [-0.1, -0.05) is 53.3 Å². The molecule has 44 heavy (non-hydrogen) atoms. The van der Waals surface area contributed by atoms with Crippen LogP contribution in [0.3, 0.4) is 0 Å². The summed E-state index contributed by atoms with van der Waals surface area (Å²) in [5.74, 6) is 1.33. The average Bonchev–Trinajstić information content (AvgIpc) is 3.31. The lowest BCUT2D eigenvalue weighted by atomic mass is 9.90. The molecule has 1 atom stereocenters. The van der Waals surface area contributed by atoms with Gasteiger partial charge in [0.05, 0.1) is 41.1 Å². The van der Waals surface area contributed by atoms with Crippen molar-refractivity contribution in [3.05, 3.63) is 95.6 Å². The monoisotopic (exact) mass is 633 g/mol. The Labute approximate surface area is 265 Å².